The lowest BCUT2D eigenvalue weighted by Crippen LogP contribution is -2.07. The lowest BCUT2D eigenvalue weighted by molar-refractivity contribution is 0.520. The van der Waals surface area contributed by atoms with Gasteiger partial charge in [0.15, 0.2) is 0 Å². The number of rotatable bonds is 2. The maximum atomic E-state index is 11.9. The molecule has 5 heteroatoms. The van der Waals surface area contributed by atoms with Crippen LogP contribution in [0.25, 0.3) is 10.9 Å². The van der Waals surface area contributed by atoms with Crippen molar-refractivity contribution in [2.24, 2.45) is 0 Å². The smallest absolute Gasteiger partial charge is 0.348 e. The Morgan fingerprint density at radius 3 is 2.88 bits per heavy atom. The molecule has 0 saturated carbocycles. The van der Waals surface area contributed by atoms with Crippen LogP contribution in [0.2, 0.25) is 0 Å². The summed E-state index contributed by atoms with van der Waals surface area (Å²) in [6.45, 7) is 7.28. The van der Waals surface area contributed by atoms with Crippen LogP contribution >= 0.6 is 15.9 Å². The van der Waals surface area contributed by atoms with Crippen LogP contribution in [0.1, 0.15) is 12.5 Å². The van der Waals surface area contributed by atoms with Crippen LogP contribution in [0.5, 0.6) is 0 Å². The van der Waals surface area contributed by atoms with Crippen molar-refractivity contribution in [3.05, 3.63) is 44.9 Å². The second kappa shape index (κ2) is 4.33. The highest BCUT2D eigenvalue weighted by atomic mass is 79.9. The van der Waals surface area contributed by atoms with E-state index in [1.165, 1.54) is 0 Å². The van der Waals surface area contributed by atoms with Crippen molar-refractivity contribution in [2.75, 3.05) is 5.32 Å². The molecule has 0 unspecified atom stereocenters. The molecule has 0 amide bonds. The average molecular weight is 295 g/mol. The van der Waals surface area contributed by atoms with E-state index >= 15 is 0 Å². The zero-order valence-corrected chi connectivity index (χ0v) is 11.1. The Hall–Kier alpha value is -1.62. The number of aromatic nitrogens is 1. The minimum Gasteiger partial charge on any atom is -0.388 e. The molecule has 1 N–H and O–H groups in total. The maximum Gasteiger partial charge on any atom is 0.348 e. The quantitative estimate of drug-likeness (QED) is 0.924. The minimum atomic E-state index is -0.405. The van der Waals surface area contributed by atoms with Gasteiger partial charge in [0.2, 0.25) is 0 Å². The van der Waals surface area contributed by atoms with Gasteiger partial charge in [-0.05, 0) is 31.5 Å². The standard InChI is InChI=1S/C12H11BrN2O2/c1-6(2)14-12-15-9-5-4-8(13)7(3)10(9)11(16)17-12/h4-5H,1H2,2-3H3,(H,14,15). The molecule has 1 heterocycles. The van der Waals surface area contributed by atoms with Crippen molar-refractivity contribution >= 4 is 32.8 Å². The molecule has 4 nitrogen and oxygen atoms in total. The number of benzene rings is 1. The molecule has 0 bridgehead atoms. The molecule has 88 valence electrons. The Morgan fingerprint density at radius 2 is 2.24 bits per heavy atom. The average Bonchev–Trinajstić information content (AvgIpc) is 2.22. The van der Waals surface area contributed by atoms with E-state index in [1.54, 1.807) is 13.0 Å². The largest absolute Gasteiger partial charge is 0.388 e. The van der Waals surface area contributed by atoms with E-state index in [4.69, 9.17) is 4.42 Å². The number of hydrogen-bond donors (Lipinski definition) is 1. The summed E-state index contributed by atoms with van der Waals surface area (Å²) >= 11 is 3.37. The Balaban J connectivity index is 2.72. The summed E-state index contributed by atoms with van der Waals surface area (Å²) in [6, 6.07) is 3.79. The molecule has 0 atom stereocenters. The van der Waals surface area contributed by atoms with Gasteiger partial charge in [-0.3, -0.25) is 0 Å². The normalized spacial score (nSPS) is 10.5. The number of anilines is 1. The number of allylic oxidation sites excluding steroid dienone is 1. The first-order valence-corrected chi connectivity index (χ1v) is 5.81. The summed E-state index contributed by atoms with van der Waals surface area (Å²) in [4.78, 5) is 16.1. The Bertz CT molecular complexity index is 661. The van der Waals surface area contributed by atoms with E-state index in [-0.39, 0.29) is 6.01 Å². The van der Waals surface area contributed by atoms with Gasteiger partial charge in [0.25, 0.3) is 0 Å². The molecular formula is C12H11BrN2O2. The highest BCUT2D eigenvalue weighted by Gasteiger charge is 2.10. The molecule has 0 fully saturated rings. The molecule has 0 saturated heterocycles. The molecule has 0 spiro atoms. The number of nitrogens with one attached hydrogen (secondary N) is 1. The van der Waals surface area contributed by atoms with E-state index < -0.39 is 5.63 Å². The third kappa shape index (κ3) is 2.24. The monoisotopic (exact) mass is 294 g/mol. The summed E-state index contributed by atoms with van der Waals surface area (Å²) in [7, 11) is 0. The lowest BCUT2D eigenvalue weighted by atomic mass is 10.1. The second-order valence-electron chi connectivity index (χ2n) is 3.78. The number of halogens is 1. The first-order valence-electron chi connectivity index (χ1n) is 5.01. The molecule has 17 heavy (non-hydrogen) atoms. The molecule has 2 rings (SSSR count). The molecule has 0 aliphatic heterocycles. The van der Waals surface area contributed by atoms with Crippen molar-refractivity contribution in [3.63, 3.8) is 0 Å². The SMILES string of the molecule is C=C(C)Nc1nc2ccc(Br)c(C)c2c(=O)o1. The highest BCUT2D eigenvalue weighted by Crippen LogP contribution is 2.23. The Morgan fingerprint density at radius 1 is 1.53 bits per heavy atom. The predicted octanol–water partition coefficient (Wildman–Crippen LogP) is 3.20. The number of hydrogen-bond acceptors (Lipinski definition) is 4. The molecular weight excluding hydrogens is 284 g/mol. The van der Waals surface area contributed by atoms with Gasteiger partial charge in [0.05, 0.1) is 10.9 Å². The van der Waals surface area contributed by atoms with Gasteiger partial charge >= 0.3 is 11.6 Å². The van der Waals surface area contributed by atoms with Crippen LogP contribution in [-0.4, -0.2) is 4.98 Å². The van der Waals surface area contributed by atoms with E-state index in [9.17, 15) is 4.79 Å². The van der Waals surface area contributed by atoms with Gasteiger partial charge in [0.1, 0.15) is 0 Å². The zero-order valence-electron chi connectivity index (χ0n) is 9.50. The Labute approximate surface area is 106 Å². The van der Waals surface area contributed by atoms with E-state index in [0.717, 1.165) is 10.0 Å². The number of fused-ring (bicyclic) bond motifs is 1. The first-order chi connectivity index (χ1) is 7.99. The van der Waals surface area contributed by atoms with E-state index in [1.807, 2.05) is 13.0 Å². The summed E-state index contributed by atoms with van der Waals surface area (Å²) < 4.78 is 5.94. The summed E-state index contributed by atoms with van der Waals surface area (Å²) in [5.41, 5.74) is 1.68. The Kier molecular flexibility index (Phi) is 3.02. The molecule has 1 aromatic carbocycles. The minimum absolute atomic E-state index is 0.164. The molecule has 0 aliphatic carbocycles. The summed E-state index contributed by atoms with van der Waals surface area (Å²) in [5, 5.41) is 3.28. The van der Waals surface area contributed by atoms with Gasteiger partial charge < -0.3 is 9.73 Å². The van der Waals surface area contributed by atoms with E-state index in [0.29, 0.717) is 16.6 Å². The maximum absolute atomic E-state index is 11.9. The topological polar surface area (TPSA) is 55.1 Å². The second-order valence-corrected chi connectivity index (χ2v) is 4.63. The number of aryl methyl sites for hydroxylation is 1. The third-order valence-corrected chi connectivity index (χ3v) is 3.17. The fourth-order valence-corrected chi connectivity index (χ4v) is 1.86. The van der Waals surface area contributed by atoms with Crippen LogP contribution in [0, 0.1) is 6.92 Å². The molecule has 0 aliphatic rings. The fourth-order valence-electron chi connectivity index (χ4n) is 1.53. The van der Waals surface area contributed by atoms with E-state index in [2.05, 4.69) is 32.8 Å². The first kappa shape index (κ1) is 11.9. The van der Waals surface area contributed by atoms with Crippen LogP contribution in [0.3, 0.4) is 0 Å². The van der Waals surface area contributed by atoms with Gasteiger partial charge in [-0.2, -0.15) is 4.98 Å². The van der Waals surface area contributed by atoms with Crippen molar-refractivity contribution in [3.8, 4) is 0 Å². The van der Waals surface area contributed by atoms with Gasteiger partial charge in [-0.15, -0.1) is 0 Å². The van der Waals surface area contributed by atoms with Gasteiger partial charge in [-0.25, -0.2) is 4.79 Å². The summed E-state index contributed by atoms with van der Waals surface area (Å²) in [5.74, 6) is 0. The fraction of sp³-hybridized carbons (Fsp3) is 0.167. The van der Waals surface area contributed by atoms with Crippen LogP contribution < -0.4 is 10.9 Å². The lowest BCUT2D eigenvalue weighted by Gasteiger charge is -2.05. The van der Waals surface area contributed by atoms with Crippen molar-refractivity contribution < 1.29 is 4.42 Å². The molecule has 2 aromatic rings. The van der Waals surface area contributed by atoms with Gasteiger partial charge in [-0.1, -0.05) is 22.5 Å². The highest BCUT2D eigenvalue weighted by molar-refractivity contribution is 9.10. The summed E-state index contributed by atoms with van der Waals surface area (Å²) in [6.07, 6.45) is 0. The van der Waals surface area contributed by atoms with Crippen LogP contribution in [-0.2, 0) is 0 Å². The molecule has 0 radical (unpaired) electrons. The zero-order chi connectivity index (χ0) is 12.6. The van der Waals surface area contributed by atoms with Crippen LogP contribution in [0.15, 0.2) is 38.1 Å². The number of nitrogens with zero attached hydrogens (tertiary/aromatic N) is 1. The van der Waals surface area contributed by atoms with Crippen molar-refractivity contribution in [2.45, 2.75) is 13.8 Å². The van der Waals surface area contributed by atoms with Crippen molar-refractivity contribution in [1.29, 1.82) is 0 Å². The predicted molar refractivity (Wildman–Crippen MR) is 71.2 cm³/mol. The van der Waals surface area contributed by atoms with Crippen molar-refractivity contribution in [1.82, 2.24) is 4.98 Å². The van der Waals surface area contributed by atoms with Crippen LogP contribution in [0.4, 0.5) is 6.01 Å². The van der Waals surface area contributed by atoms with Gasteiger partial charge in [0, 0.05) is 10.2 Å². The third-order valence-electron chi connectivity index (χ3n) is 2.31. The molecule has 1 aromatic heterocycles.